The number of pyridine rings is 1. The lowest BCUT2D eigenvalue weighted by Gasteiger charge is -2.14. The molecule has 4 rings (SSSR count). The molecule has 3 aromatic rings. The Morgan fingerprint density at radius 2 is 2.11 bits per heavy atom. The third kappa shape index (κ3) is 4.43. The van der Waals surface area contributed by atoms with E-state index in [1.807, 2.05) is 36.2 Å². The number of aromatic nitrogens is 3. The van der Waals surface area contributed by atoms with Crippen molar-refractivity contribution in [2.24, 2.45) is 0 Å². The average Bonchev–Trinajstić information content (AvgIpc) is 3.36. The van der Waals surface area contributed by atoms with E-state index in [0.29, 0.717) is 36.9 Å². The van der Waals surface area contributed by atoms with Gasteiger partial charge < -0.3 is 9.84 Å². The van der Waals surface area contributed by atoms with Gasteiger partial charge in [0.1, 0.15) is 5.69 Å². The summed E-state index contributed by atoms with van der Waals surface area (Å²) in [7, 11) is 1.92. The van der Waals surface area contributed by atoms with Crippen molar-refractivity contribution < 1.29 is 9.32 Å². The molecule has 0 saturated carbocycles. The van der Waals surface area contributed by atoms with Gasteiger partial charge >= 0.3 is 0 Å². The van der Waals surface area contributed by atoms with Crippen molar-refractivity contribution >= 4 is 11.6 Å². The Bertz CT molecular complexity index is 954. The van der Waals surface area contributed by atoms with Gasteiger partial charge in [-0.1, -0.05) is 17.3 Å². The molecule has 1 N–H and O–H groups in total. The summed E-state index contributed by atoms with van der Waals surface area (Å²) in [6, 6.07) is 11.8. The molecule has 0 spiro atoms. The molecule has 28 heavy (non-hydrogen) atoms. The van der Waals surface area contributed by atoms with Crippen LogP contribution in [0.3, 0.4) is 0 Å². The molecule has 2 heterocycles. The van der Waals surface area contributed by atoms with Crippen molar-refractivity contribution in [3.8, 4) is 11.5 Å². The first kappa shape index (κ1) is 18.3. The van der Waals surface area contributed by atoms with Gasteiger partial charge in [-0.25, -0.2) is 0 Å². The summed E-state index contributed by atoms with van der Waals surface area (Å²) in [5, 5.41) is 6.96. The van der Waals surface area contributed by atoms with Crippen LogP contribution in [-0.4, -0.2) is 39.5 Å². The minimum atomic E-state index is 0.00417. The summed E-state index contributed by atoms with van der Waals surface area (Å²) in [5.74, 6) is 0.977. The summed E-state index contributed by atoms with van der Waals surface area (Å²) in [6.45, 7) is 1.07. The van der Waals surface area contributed by atoms with Crippen LogP contribution in [0.2, 0.25) is 0 Å². The van der Waals surface area contributed by atoms with E-state index < -0.39 is 0 Å². The maximum atomic E-state index is 12.3. The quantitative estimate of drug-likeness (QED) is 0.681. The van der Waals surface area contributed by atoms with Gasteiger partial charge in [-0.15, -0.1) is 0 Å². The van der Waals surface area contributed by atoms with Gasteiger partial charge in [-0.3, -0.25) is 14.7 Å². The van der Waals surface area contributed by atoms with E-state index in [1.54, 1.807) is 6.20 Å². The molecular formula is C21H23N5O2. The van der Waals surface area contributed by atoms with Crippen LogP contribution in [0.15, 0.2) is 47.1 Å². The Morgan fingerprint density at radius 3 is 2.96 bits per heavy atom. The molecule has 0 atom stereocenters. The summed E-state index contributed by atoms with van der Waals surface area (Å²) >= 11 is 0. The molecule has 2 aromatic heterocycles. The smallest absolute Gasteiger partial charge is 0.241 e. The van der Waals surface area contributed by atoms with Crippen molar-refractivity contribution in [3.05, 3.63) is 59.6 Å². The molecule has 1 aromatic carbocycles. The highest BCUT2D eigenvalue weighted by atomic mass is 16.5. The Balaban J connectivity index is 1.26. The number of rotatable bonds is 7. The number of carbonyl (C=O) groups excluding carboxylic acids is 1. The number of hydrogen-bond donors (Lipinski definition) is 1. The van der Waals surface area contributed by atoms with Crippen LogP contribution in [0.4, 0.5) is 5.69 Å². The molecule has 1 aliphatic rings. The first-order valence-corrected chi connectivity index (χ1v) is 9.51. The van der Waals surface area contributed by atoms with E-state index in [9.17, 15) is 4.79 Å². The topological polar surface area (TPSA) is 84.2 Å². The molecular weight excluding hydrogens is 354 g/mol. The van der Waals surface area contributed by atoms with Gasteiger partial charge in [-0.05, 0) is 61.7 Å². The molecule has 7 heteroatoms. The Labute approximate surface area is 163 Å². The number of nitrogens with zero attached hydrogens (tertiary/aromatic N) is 4. The number of nitrogens with one attached hydrogen (secondary N) is 1. The van der Waals surface area contributed by atoms with E-state index in [-0.39, 0.29) is 5.91 Å². The second-order valence-electron chi connectivity index (χ2n) is 7.10. The third-order valence-electron chi connectivity index (χ3n) is 4.87. The highest BCUT2D eigenvalue weighted by molar-refractivity contribution is 5.91. The minimum Gasteiger partial charge on any atom is -0.337 e. The van der Waals surface area contributed by atoms with Crippen molar-refractivity contribution in [2.45, 2.75) is 32.2 Å². The van der Waals surface area contributed by atoms with Gasteiger partial charge in [-0.2, -0.15) is 4.98 Å². The number of benzene rings is 1. The predicted octanol–water partition coefficient (Wildman–Crippen LogP) is 3.08. The Morgan fingerprint density at radius 1 is 1.21 bits per heavy atom. The largest absolute Gasteiger partial charge is 0.337 e. The zero-order chi connectivity index (χ0) is 19.3. The van der Waals surface area contributed by atoms with Crippen LogP contribution >= 0.6 is 0 Å². The molecule has 0 fully saturated rings. The van der Waals surface area contributed by atoms with Gasteiger partial charge in [0, 0.05) is 24.8 Å². The molecule has 7 nitrogen and oxygen atoms in total. The maximum Gasteiger partial charge on any atom is 0.241 e. The lowest BCUT2D eigenvalue weighted by atomic mass is 10.1. The van der Waals surface area contributed by atoms with E-state index >= 15 is 0 Å². The van der Waals surface area contributed by atoms with Crippen LogP contribution in [0.5, 0.6) is 0 Å². The van der Waals surface area contributed by atoms with Crippen LogP contribution < -0.4 is 5.32 Å². The highest BCUT2D eigenvalue weighted by Gasteiger charge is 2.14. The first-order chi connectivity index (χ1) is 13.7. The fourth-order valence-corrected chi connectivity index (χ4v) is 3.39. The van der Waals surface area contributed by atoms with Gasteiger partial charge in [0.15, 0.2) is 0 Å². The predicted molar refractivity (Wildman–Crippen MR) is 106 cm³/mol. The Kier molecular flexibility index (Phi) is 5.43. The number of aryl methyl sites for hydroxylation is 2. The van der Waals surface area contributed by atoms with E-state index in [4.69, 9.17) is 4.52 Å². The van der Waals surface area contributed by atoms with Crippen LogP contribution in [0, 0.1) is 0 Å². The fraction of sp³-hybridized carbons (Fsp3) is 0.333. The zero-order valence-corrected chi connectivity index (χ0v) is 15.9. The fourth-order valence-electron chi connectivity index (χ4n) is 3.39. The summed E-state index contributed by atoms with van der Waals surface area (Å²) in [5.41, 5.74) is 4.32. The second kappa shape index (κ2) is 8.31. The average molecular weight is 377 g/mol. The molecule has 1 aliphatic carbocycles. The van der Waals surface area contributed by atoms with Crippen molar-refractivity contribution in [1.29, 1.82) is 0 Å². The van der Waals surface area contributed by atoms with E-state index in [1.165, 1.54) is 17.5 Å². The molecule has 0 unspecified atom stereocenters. The molecule has 144 valence electrons. The molecule has 0 saturated heterocycles. The molecule has 0 bridgehead atoms. The molecule has 1 amide bonds. The monoisotopic (exact) mass is 377 g/mol. The van der Waals surface area contributed by atoms with Crippen molar-refractivity contribution in [1.82, 2.24) is 20.0 Å². The number of hydrogen-bond acceptors (Lipinski definition) is 6. The van der Waals surface area contributed by atoms with Crippen molar-refractivity contribution in [2.75, 3.05) is 18.9 Å². The number of amides is 1. The minimum absolute atomic E-state index is 0.00417. The van der Waals surface area contributed by atoms with E-state index in [2.05, 4.69) is 32.6 Å². The van der Waals surface area contributed by atoms with Gasteiger partial charge in [0.05, 0.1) is 6.54 Å². The standard InChI is InChI=1S/C21H23N5O2/c1-26(14-20-24-21(25-28-20)18-7-2-3-11-22-18)12-10-19(27)23-17-9-8-15-5-4-6-16(15)13-17/h2-3,7-9,11,13H,4-6,10,12,14H2,1H3,(H,23,27). The molecule has 0 aliphatic heterocycles. The third-order valence-corrected chi connectivity index (χ3v) is 4.87. The first-order valence-electron chi connectivity index (χ1n) is 9.51. The lowest BCUT2D eigenvalue weighted by molar-refractivity contribution is -0.116. The van der Waals surface area contributed by atoms with Crippen molar-refractivity contribution in [3.63, 3.8) is 0 Å². The second-order valence-corrected chi connectivity index (χ2v) is 7.10. The maximum absolute atomic E-state index is 12.3. The summed E-state index contributed by atoms with van der Waals surface area (Å²) in [4.78, 5) is 22.8. The highest BCUT2D eigenvalue weighted by Crippen LogP contribution is 2.25. The van der Waals surface area contributed by atoms with Crippen LogP contribution in [0.25, 0.3) is 11.5 Å². The number of carbonyl (C=O) groups is 1. The van der Waals surface area contributed by atoms with Crippen LogP contribution in [0.1, 0.15) is 29.9 Å². The number of anilines is 1. The summed E-state index contributed by atoms with van der Waals surface area (Å²) in [6.07, 6.45) is 5.54. The Hall–Kier alpha value is -3.06. The van der Waals surface area contributed by atoms with Crippen LogP contribution in [-0.2, 0) is 24.2 Å². The van der Waals surface area contributed by atoms with Gasteiger partial charge in [0.2, 0.25) is 17.6 Å². The molecule has 0 radical (unpaired) electrons. The normalized spacial score (nSPS) is 12.9. The van der Waals surface area contributed by atoms with Gasteiger partial charge in [0.25, 0.3) is 0 Å². The zero-order valence-electron chi connectivity index (χ0n) is 15.9. The lowest BCUT2D eigenvalue weighted by Crippen LogP contribution is -2.24. The summed E-state index contributed by atoms with van der Waals surface area (Å²) < 4.78 is 5.29. The SMILES string of the molecule is CN(CCC(=O)Nc1ccc2c(c1)CCC2)Cc1nc(-c2ccccn2)no1. The number of fused-ring (bicyclic) bond motifs is 1. The van der Waals surface area contributed by atoms with E-state index in [0.717, 1.165) is 18.5 Å².